The van der Waals surface area contributed by atoms with Crippen molar-refractivity contribution in [1.82, 2.24) is 4.98 Å². The van der Waals surface area contributed by atoms with E-state index in [2.05, 4.69) is 60.2 Å². The lowest BCUT2D eigenvalue weighted by molar-refractivity contribution is 0.906. The largest absolute Gasteiger partial charge is 0.370 e. The quantitative estimate of drug-likeness (QED) is 0.830. The molecule has 0 fully saturated rings. The minimum absolute atomic E-state index is 0.974. The molecule has 0 saturated carbocycles. The summed E-state index contributed by atoms with van der Waals surface area (Å²) in [7, 11) is 0. The van der Waals surface area contributed by atoms with Crippen molar-refractivity contribution in [3.05, 3.63) is 33.8 Å². The third-order valence-electron chi connectivity index (χ3n) is 3.32. The molecule has 102 valence electrons. The van der Waals surface area contributed by atoms with Crippen LogP contribution >= 0.6 is 15.9 Å². The zero-order valence-corrected chi connectivity index (χ0v) is 13.5. The minimum atomic E-state index is 0.974. The van der Waals surface area contributed by atoms with Crippen LogP contribution in [0.3, 0.4) is 0 Å². The van der Waals surface area contributed by atoms with Crippen molar-refractivity contribution in [2.45, 2.75) is 40.0 Å². The fraction of sp³-hybridized carbons (Fsp3) is 0.438. The van der Waals surface area contributed by atoms with Crippen LogP contribution in [-0.4, -0.2) is 11.5 Å². The normalized spacial score (nSPS) is 10.9. The Morgan fingerprint density at radius 2 is 2.00 bits per heavy atom. The van der Waals surface area contributed by atoms with E-state index < -0.39 is 0 Å². The van der Waals surface area contributed by atoms with Crippen LogP contribution in [0.25, 0.3) is 10.9 Å². The fourth-order valence-corrected chi connectivity index (χ4v) is 2.58. The van der Waals surface area contributed by atoms with Crippen LogP contribution in [0, 0.1) is 6.92 Å². The lowest BCUT2D eigenvalue weighted by Crippen LogP contribution is -2.06. The number of hydrogen-bond acceptors (Lipinski definition) is 2. The number of nitrogens with one attached hydrogen (secondary N) is 1. The van der Waals surface area contributed by atoms with Gasteiger partial charge < -0.3 is 5.32 Å². The number of pyridine rings is 1. The Bertz CT molecular complexity index is 578. The average Bonchev–Trinajstić information content (AvgIpc) is 2.41. The van der Waals surface area contributed by atoms with E-state index in [0.717, 1.165) is 41.6 Å². The van der Waals surface area contributed by atoms with Crippen LogP contribution in [0.4, 0.5) is 5.82 Å². The first-order chi connectivity index (χ1) is 9.17. The molecular formula is C16H21BrN2. The SMILES string of the molecule is CCCNc1nc2c(C)c(Br)ccc2cc1CCC. The van der Waals surface area contributed by atoms with Crippen molar-refractivity contribution in [2.24, 2.45) is 0 Å². The molecule has 19 heavy (non-hydrogen) atoms. The molecule has 0 aliphatic heterocycles. The Morgan fingerprint density at radius 3 is 2.68 bits per heavy atom. The molecule has 1 heterocycles. The molecule has 3 heteroatoms. The highest BCUT2D eigenvalue weighted by atomic mass is 79.9. The van der Waals surface area contributed by atoms with Crippen molar-refractivity contribution >= 4 is 32.7 Å². The molecule has 0 bridgehead atoms. The summed E-state index contributed by atoms with van der Waals surface area (Å²) in [6, 6.07) is 6.53. The number of benzene rings is 1. The molecule has 0 atom stereocenters. The van der Waals surface area contributed by atoms with Gasteiger partial charge in [-0.25, -0.2) is 4.98 Å². The Labute approximate surface area is 123 Å². The number of anilines is 1. The lowest BCUT2D eigenvalue weighted by Gasteiger charge is -2.13. The second-order valence-corrected chi connectivity index (χ2v) is 5.77. The number of nitrogens with zero attached hydrogens (tertiary/aromatic N) is 1. The van der Waals surface area contributed by atoms with E-state index in [1.165, 1.54) is 16.5 Å². The van der Waals surface area contributed by atoms with E-state index in [1.807, 2.05) is 0 Å². The second kappa shape index (κ2) is 6.38. The third kappa shape index (κ3) is 3.08. The van der Waals surface area contributed by atoms with E-state index in [4.69, 9.17) is 4.98 Å². The second-order valence-electron chi connectivity index (χ2n) is 4.92. The Hall–Kier alpha value is -1.09. The summed E-state index contributed by atoms with van der Waals surface area (Å²) < 4.78 is 1.12. The molecular weight excluding hydrogens is 300 g/mol. The van der Waals surface area contributed by atoms with Gasteiger partial charge in [0.05, 0.1) is 5.52 Å². The first-order valence-electron chi connectivity index (χ1n) is 7.00. The van der Waals surface area contributed by atoms with E-state index in [0.29, 0.717) is 0 Å². The highest BCUT2D eigenvalue weighted by Gasteiger charge is 2.09. The summed E-state index contributed by atoms with van der Waals surface area (Å²) in [5.74, 6) is 1.05. The summed E-state index contributed by atoms with van der Waals surface area (Å²) in [4.78, 5) is 4.85. The maximum absolute atomic E-state index is 4.85. The molecule has 0 unspecified atom stereocenters. The van der Waals surface area contributed by atoms with Crippen LogP contribution in [0.2, 0.25) is 0 Å². The van der Waals surface area contributed by atoms with Gasteiger partial charge in [-0.3, -0.25) is 0 Å². The molecule has 0 amide bonds. The predicted octanol–water partition coefficient (Wildman–Crippen LogP) is 5.08. The standard InChI is InChI=1S/C16H21BrN2/c1-4-6-13-10-12-7-8-14(17)11(3)15(12)19-16(13)18-9-5-2/h7-8,10H,4-6,9H2,1-3H3,(H,18,19). The summed E-state index contributed by atoms with van der Waals surface area (Å²) in [6.07, 6.45) is 3.33. The third-order valence-corrected chi connectivity index (χ3v) is 4.17. The monoisotopic (exact) mass is 320 g/mol. The zero-order valence-electron chi connectivity index (χ0n) is 11.9. The molecule has 1 aromatic heterocycles. The van der Waals surface area contributed by atoms with Crippen molar-refractivity contribution in [3.63, 3.8) is 0 Å². The molecule has 0 saturated heterocycles. The maximum Gasteiger partial charge on any atom is 0.129 e. The number of aryl methyl sites for hydroxylation is 2. The van der Waals surface area contributed by atoms with Crippen LogP contribution in [-0.2, 0) is 6.42 Å². The van der Waals surface area contributed by atoms with Gasteiger partial charge in [0.25, 0.3) is 0 Å². The fourth-order valence-electron chi connectivity index (χ4n) is 2.26. The summed E-state index contributed by atoms with van der Waals surface area (Å²) in [6.45, 7) is 7.47. The van der Waals surface area contributed by atoms with Crippen LogP contribution in [0.1, 0.15) is 37.8 Å². The Kier molecular flexibility index (Phi) is 4.81. The van der Waals surface area contributed by atoms with Gasteiger partial charge in [-0.1, -0.05) is 42.3 Å². The molecule has 1 aromatic carbocycles. The molecule has 2 aromatic rings. The molecule has 0 aliphatic carbocycles. The molecule has 1 N–H and O–H groups in total. The van der Waals surface area contributed by atoms with Gasteiger partial charge in [0, 0.05) is 16.4 Å². The van der Waals surface area contributed by atoms with Gasteiger partial charge in [-0.15, -0.1) is 0 Å². The van der Waals surface area contributed by atoms with E-state index >= 15 is 0 Å². The molecule has 2 rings (SSSR count). The first kappa shape index (κ1) is 14.3. The summed E-state index contributed by atoms with van der Waals surface area (Å²) >= 11 is 3.58. The van der Waals surface area contributed by atoms with Crippen LogP contribution in [0.5, 0.6) is 0 Å². The molecule has 0 aliphatic rings. The number of aromatic nitrogens is 1. The summed E-state index contributed by atoms with van der Waals surface area (Å²) in [5, 5.41) is 4.69. The topological polar surface area (TPSA) is 24.9 Å². The summed E-state index contributed by atoms with van der Waals surface area (Å²) in [5.41, 5.74) is 3.62. The average molecular weight is 321 g/mol. The highest BCUT2D eigenvalue weighted by Crippen LogP contribution is 2.28. The van der Waals surface area contributed by atoms with Gasteiger partial charge in [-0.2, -0.15) is 0 Å². The Morgan fingerprint density at radius 1 is 1.21 bits per heavy atom. The number of halogens is 1. The number of hydrogen-bond donors (Lipinski definition) is 1. The minimum Gasteiger partial charge on any atom is -0.370 e. The van der Waals surface area contributed by atoms with Gasteiger partial charge in [0.2, 0.25) is 0 Å². The van der Waals surface area contributed by atoms with Crippen molar-refractivity contribution in [1.29, 1.82) is 0 Å². The molecule has 0 spiro atoms. The first-order valence-corrected chi connectivity index (χ1v) is 7.79. The van der Waals surface area contributed by atoms with Crippen molar-refractivity contribution in [3.8, 4) is 0 Å². The highest BCUT2D eigenvalue weighted by molar-refractivity contribution is 9.10. The molecule has 0 radical (unpaired) electrons. The van der Waals surface area contributed by atoms with Crippen molar-refractivity contribution in [2.75, 3.05) is 11.9 Å². The van der Waals surface area contributed by atoms with Gasteiger partial charge in [0.1, 0.15) is 5.82 Å². The van der Waals surface area contributed by atoms with E-state index in [-0.39, 0.29) is 0 Å². The number of fused-ring (bicyclic) bond motifs is 1. The van der Waals surface area contributed by atoms with Gasteiger partial charge in [0.15, 0.2) is 0 Å². The maximum atomic E-state index is 4.85. The van der Waals surface area contributed by atoms with Crippen LogP contribution < -0.4 is 5.32 Å². The molecule has 2 nitrogen and oxygen atoms in total. The predicted molar refractivity (Wildman–Crippen MR) is 87.0 cm³/mol. The van der Waals surface area contributed by atoms with Crippen LogP contribution in [0.15, 0.2) is 22.7 Å². The van der Waals surface area contributed by atoms with Gasteiger partial charge >= 0.3 is 0 Å². The zero-order chi connectivity index (χ0) is 13.8. The Balaban J connectivity index is 2.55. The van der Waals surface area contributed by atoms with Gasteiger partial charge in [-0.05, 0) is 43.0 Å². The number of rotatable bonds is 5. The van der Waals surface area contributed by atoms with E-state index in [1.54, 1.807) is 0 Å². The smallest absolute Gasteiger partial charge is 0.129 e. The lowest BCUT2D eigenvalue weighted by atomic mass is 10.1. The van der Waals surface area contributed by atoms with Crippen molar-refractivity contribution < 1.29 is 0 Å². The van der Waals surface area contributed by atoms with E-state index in [9.17, 15) is 0 Å².